The van der Waals surface area contributed by atoms with Crippen molar-refractivity contribution in [3.63, 3.8) is 0 Å². The number of sulfone groups is 1. The molecule has 0 radical (unpaired) electrons. The zero-order valence-electron chi connectivity index (χ0n) is 16.0. The monoisotopic (exact) mass is 416 g/mol. The summed E-state index contributed by atoms with van der Waals surface area (Å²) in [6.45, 7) is 1.86. The summed E-state index contributed by atoms with van der Waals surface area (Å²) in [6.07, 6.45) is 1.46. The average Bonchev–Trinajstić information content (AvgIpc) is 3.16. The Hall–Kier alpha value is -2.42. The van der Waals surface area contributed by atoms with Crippen LogP contribution in [0.3, 0.4) is 0 Å². The maximum atomic E-state index is 13.8. The number of amides is 1. The largest absolute Gasteiger partial charge is 0.456 e. The van der Waals surface area contributed by atoms with Gasteiger partial charge in [-0.3, -0.25) is 10.0 Å². The lowest BCUT2D eigenvalue weighted by atomic mass is 9.81. The molecule has 29 heavy (non-hydrogen) atoms. The number of hydroxylamine groups is 1. The van der Waals surface area contributed by atoms with E-state index in [-0.39, 0.29) is 28.6 Å². The second-order valence-electron chi connectivity index (χ2n) is 7.69. The zero-order valence-corrected chi connectivity index (χ0v) is 16.8. The van der Waals surface area contributed by atoms with Gasteiger partial charge < -0.3 is 10.1 Å². The molecule has 2 bridgehead atoms. The van der Waals surface area contributed by atoms with E-state index in [4.69, 9.17) is 4.74 Å². The zero-order chi connectivity index (χ0) is 20.6. The van der Waals surface area contributed by atoms with E-state index >= 15 is 0 Å². The molecule has 2 heterocycles. The molecule has 0 spiro atoms. The normalized spacial score (nSPS) is 28.7. The van der Waals surface area contributed by atoms with Crippen LogP contribution in [0.1, 0.15) is 19.8 Å². The summed E-state index contributed by atoms with van der Waals surface area (Å²) in [6, 6.07) is 15.1. The van der Waals surface area contributed by atoms with Gasteiger partial charge in [-0.25, -0.2) is 13.9 Å². The van der Waals surface area contributed by atoms with Crippen LogP contribution in [-0.4, -0.2) is 36.9 Å². The Kier molecular flexibility index (Phi) is 5.33. The fourth-order valence-corrected chi connectivity index (χ4v) is 7.03. The molecular formula is C21H24N2O5S. The summed E-state index contributed by atoms with van der Waals surface area (Å²) >= 11 is 0. The van der Waals surface area contributed by atoms with Crippen LogP contribution >= 0.6 is 0 Å². The third-order valence-corrected chi connectivity index (χ3v) is 8.36. The standard InChI is InChI=1S/C21H24N2O5S/c1-13-15-11-12-16(22-15)20(19(13)21(24)23-25)29(26,27)18-10-6-5-9-17(18)28-14-7-3-2-4-8-14/h2-10,13,15-16,19-20,22,25H,11-12H2,1H3,(H,23,24). The van der Waals surface area contributed by atoms with Gasteiger partial charge in [0.05, 0.1) is 11.2 Å². The van der Waals surface area contributed by atoms with Crippen LogP contribution in [0.4, 0.5) is 0 Å². The summed E-state index contributed by atoms with van der Waals surface area (Å²) in [7, 11) is -3.94. The Morgan fingerprint density at radius 2 is 1.72 bits per heavy atom. The van der Waals surface area contributed by atoms with Crippen LogP contribution in [0.25, 0.3) is 0 Å². The maximum absolute atomic E-state index is 13.8. The highest BCUT2D eigenvalue weighted by Gasteiger charge is 2.55. The van der Waals surface area contributed by atoms with Gasteiger partial charge >= 0.3 is 0 Å². The molecule has 2 aromatic carbocycles. The molecule has 5 unspecified atom stereocenters. The number of para-hydroxylation sites is 2. The molecule has 7 nitrogen and oxygen atoms in total. The topological polar surface area (TPSA) is 105 Å². The average molecular weight is 416 g/mol. The molecule has 154 valence electrons. The molecule has 0 aliphatic carbocycles. The van der Waals surface area contributed by atoms with Crippen LogP contribution in [0.5, 0.6) is 11.5 Å². The van der Waals surface area contributed by atoms with Crippen molar-refractivity contribution in [2.45, 2.75) is 42.0 Å². The van der Waals surface area contributed by atoms with Crippen LogP contribution in [0.15, 0.2) is 59.5 Å². The summed E-state index contributed by atoms with van der Waals surface area (Å²) in [5, 5.41) is 11.6. The number of carbonyl (C=O) groups is 1. The quantitative estimate of drug-likeness (QED) is 0.511. The number of hydrogen-bond acceptors (Lipinski definition) is 6. The second-order valence-corrected chi connectivity index (χ2v) is 9.76. The molecular weight excluding hydrogens is 392 g/mol. The summed E-state index contributed by atoms with van der Waals surface area (Å²) in [5.74, 6) is -1.01. The number of hydrogen-bond donors (Lipinski definition) is 3. The molecule has 0 aromatic heterocycles. The van der Waals surface area contributed by atoms with E-state index in [0.29, 0.717) is 12.2 Å². The van der Waals surface area contributed by atoms with E-state index in [1.54, 1.807) is 47.9 Å². The van der Waals surface area contributed by atoms with Crippen molar-refractivity contribution in [3.05, 3.63) is 54.6 Å². The summed E-state index contributed by atoms with van der Waals surface area (Å²) in [4.78, 5) is 12.5. The number of nitrogens with one attached hydrogen (secondary N) is 2. The van der Waals surface area contributed by atoms with E-state index in [1.165, 1.54) is 6.07 Å². The molecule has 5 atom stereocenters. The van der Waals surface area contributed by atoms with E-state index in [9.17, 15) is 18.4 Å². The fourth-order valence-electron chi connectivity index (χ4n) is 4.68. The molecule has 4 rings (SSSR count). The van der Waals surface area contributed by atoms with Gasteiger partial charge in [0.1, 0.15) is 16.4 Å². The molecule has 1 amide bonds. The van der Waals surface area contributed by atoms with Gasteiger partial charge in [-0.05, 0) is 43.0 Å². The van der Waals surface area contributed by atoms with Crippen LogP contribution < -0.4 is 15.5 Å². The molecule has 2 aromatic rings. The molecule has 2 fully saturated rings. The first-order valence-corrected chi connectivity index (χ1v) is 11.2. The highest BCUT2D eigenvalue weighted by molar-refractivity contribution is 7.92. The lowest BCUT2D eigenvalue weighted by Gasteiger charge is -2.40. The van der Waals surface area contributed by atoms with Gasteiger partial charge in [0.15, 0.2) is 9.84 Å². The lowest BCUT2D eigenvalue weighted by molar-refractivity contribution is -0.136. The Balaban J connectivity index is 1.77. The molecule has 0 saturated carbocycles. The van der Waals surface area contributed by atoms with Crippen molar-refractivity contribution in [1.29, 1.82) is 0 Å². The van der Waals surface area contributed by atoms with Crippen molar-refractivity contribution >= 4 is 15.7 Å². The first kappa shape index (κ1) is 19.9. The fraction of sp³-hybridized carbons (Fsp3) is 0.381. The third kappa shape index (κ3) is 3.52. The number of carbonyl (C=O) groups excluding carboxylic acids is 1. The van der Waals surface area contributed by atoms with Crippen molar-refractivity contribution in [2.75, 3.05) is 0 Å². The number of piperidine rings is 1. The van der Waals surface area contributed by atoms with E-state index < -0.39 is 26.9 Å². The molecule has 8 heteroatoms. The molecule has 2 aliphatic rings. The molecule has 3 N–H and O–H groups in total. The first-order valence-electron chi connectivity index (χ1n) is 9.69. The third-order valence-electron chi connectivity index (χ3n) is 6.07. The predicted molar refractivity (Wildman–Crippen MR) is 106 cm³/mol. The highest BCUT2D eigenvalue weighted by Crippen LogP contribution is 2.43. The Bertz CT molecular complexity index is 995. The molecule has 2 aliphatic heterocycles. The van der Waals surface area contributed by atoms with Gasteiger partial charge in [-0.15, -0.1) is 0 Å². The maximum Gasteiger partial charge on any atom is 0.248 e. The van der Waals surface area contributed by atoms with Crippen LogP contribution in [0.2, 0.25) is 0 Å². The van der Waals surface area contributed by atoms with Gasteiger partial charge in [0.2, 0.25) is 5.91 Å². The minimum atomic E-state index is -3.94. The first-order chi connectivity index (χ1) is 13.9. The SMILES string of the molecule is CC1C2CCC(N2)C(S(=O)(=O)c2ccccc2Oc2ccccc2)C1C(=O)NO. The molecule has 2 saturated heterocycles. The van der Waals surface area contributed by atoms with Gasteiger partial charge in [0.25, 0.3) is 0 Å². The van der Waals surface area contributed by atoms with Crippen molar-refractivity contribution in [1.82, 2.24) is 10.8 Å². The summed E-state index contributed by atoms with van der Waals surface area (Å²) < 4.78 is 33.4. The van der Waals surface area contributed by atoms with Crippen LogP contribution in [0, 0.1) is 11.8 Å². The Morgan fingerprint density at radius 3 is 2.45 bits per heavy atom. The number of fused-ring (bicyclic) bond motifs is 2. The van der Waals surface area contributed by atoms with E-state index in [1.807, 2.05) is 13.0 Å². The number of ether oxygens (including phenoxy) is 1. The van der Waals surface area contributed by atoms with Crippen molar-refractivity contribution < 1.29 is 23.2 Å². The highest BCUT2D eigenvalue weighted by atomic mass is 32.2. The second kappa shape index (κ2) is 7.78. The van der Waals surface area contributed by atoms with E-state index in [0.717, 1.165) is 6.42 Å². The lowest BCUT2D eigenvalue weighted by Crippen LogP contribution is -2.60. The van der Waals surface area contributed by atoms with Crippen LogP contribution in [-0.2, 0) is 14.6 Å². The number of rotatable bonds is 5. The van der Waals surface area contributed by atoms with E-state index in [2.05, 4.69) is 5.32 Å². The number of benzene rings is 2. The minimum absolute atomic E-state index is 0.0453. The summed E-state index contributed by atoms with van der Waals surface area (Å²) in [5.41, 5.74) is 1.68. The van der Waals surface area contributed by atoms with Gasteiger partial charge in [0, 0.05) is 12.1 Å². The van der Waals surface area contributed by atoms with Crippen molar-refractivity contribution in [2.24, 2.45) is 11.8 Å². The minimum Gasteiger partial charge on any atom is -0.456 e. The Labute approximate surface area is 170 Å². The smallest absolute Gasteiger partial charge is 0.248 e. The van der Waals surface area contributed by atoms with Gasteiger partial charge in [-0.2, -0.15) is 0 Å². The Morgan fingerprint density at radius 1 is 1.07 bits per heavy atom. The van der Waals surface area contributed by atoms with Gasteiger partial charge in [-0.1, -0.05) is 37.3 Å². The predicted octanol–water partition coefficient (Wildman–Crippen LogP) is 2.51. The van der Waals surface area contributed by atoms with Crippen molar-refractivity contribution in [3.8, 4) is 11.5 Å².